The molecule has 2 amide bonds. The number of hydrogen-bond acceptors (Lipinski definition) is 4. The second-order valence-electron chi connectivity index (χ2n) is 8.43. The van der Waals surface area contributed by atoms with Crippen LogP contribution in [0, 0.1) is 13.8 Å². The average molecular weight is 455 g/mol. The lowest BCUT2D eigenvalue weighted by molar-refractivity contribution is -0.918. The van der Waals surface area contributed by atoms with Gasteiger partial charge in [0.15, 0.2) is 6.04 Å². The number of carbonyl (C=O) groups is 2. The SMILES string of the molecule is Cc1ccc(N2C(=O)C[C@H]([NH+]3CCN(S(=O)(=O)/C=C/c4ccccc4)CC3)C2=O)c(C)c1. The Balaban J connectivity index is 1.41. The van der Waals surface area contributed by atoms with Crippen LogP contribution in [-0.4, -0.2) is 56.8 Å². The normalized spacial score (nSPS) is 21.1. The lowest BCUT2D eigenvalue weighted by atomic mass is 10.1. The van der Waals surface area contributed by atoms with Crippen LogP contribution in [0.4, 0.5) is 5.69 Å². The van der Waals surface area contributed by atoms with Gasteiger partial charge in [-0.25, -0.2) is 13.3 Å². The van der Waals surface area contributed by atoms with Gasteiger partial charge in [-0.3, -0.25) is 9.59 Å². The predicted octanol–water partition coefficient (Wildman–Crippen LogP) is 1.14. The van der Waals surface area contributed by atoms with E-state index >= 15 is 0 Å². The molecular formula is C24H28N3O4S+. The highest BCUT2D eigenvalue weighted by molar-refractivity contribution is 7.92. The summed E-state index contributed by atoms with van der Waals surface area (Å²) in [6.45, 7) is 5.48. The number of anilines is 1. The van der Waals surface area contributed by atoms with E-state index < -0.39 is 16.1 Å². The lowest BCUT2D eigenvalue weighted by Crippen LogP contribution is -3.19. The van der Waals surface area contributed by atoms with Crippen LogP contribution in [0.15, 0.2) is 53.9 Å². The van der Waals surface area contributed by atoms with E-state index in [-0.39, 0.29) is 18.2 Å². The fourth-order valence-corrected chi connectivity index (χ4v) is 5.64. The van der Waals surface area contributed by atoms with Crippen molar-refractivity contribution in [2.45, 2.75) is 26.3 Å². The van der Waals surface area contributed by atoms with E-state index in [1.165, 1.54) is 14.6 Å². The summed E-state index contributed by atoms with van der Waals surface area (Å²) in [5.41, 5.74) is 3.43. The third-order valence-corrected chi connectivity index (χ3v) is 7.75. The molecular weight excluding hydrogens is 426 g/mol. The summed E-state index contributed by atoms with van der Waals surface area (Å²) >= 11 is 0. The van der Waals surface area contributed by atoms with Gasteiger partial charge in [-0.2, -0.15) is 4.31 Å². The number of imide groups is 1. The molecule has 0 aliphatic carbocycles. The van der Waals surface area contributed by atoms with Crippen molar-refractivity contribution < 1.29 is 22.9 Å². The van der Waals surface area contributed by atoms with Crippen molar-refractivity contribution in [3.63, 3.8) is 0 Å². The number of aryl methyl sites for hydroxylation is 2. The Morgan fingerprint density at radius 3 is 2.34 bits per heavy atom. The molecule has 4 rings (SSSR count). The molecule has 0 unspecified atom stereocenters. The molecule has 1 N–H and O–H groups in total. The predicted molar refractivity (Wildman–Crippen MR) is 123 cm³/mol. The molecule has 7 nitrogen and oxygen atoms in total. The first-order valence-corrected chi connectivity index (χ1v) is 12.3. The fraction of sp³-hybridized carbons (Fsp3) is 0.333. The van der Waals surface area contributed by atoms with Crippen LogP contribution in [0.1, 0.15) is 23.1 Å². The third-order valence-electron chi connectivity index (χ3n) is 6.19. The number of benzene rings is 2. The maximum Gasteiger partial charge on any atom is 0.292 e. The van der Waals surface area contributed by atoms with Crippen LogP contribution in [0.5, 0.6) is 0 Å². The van der Waals surface area contributed by atoms with Gasteiger partial charge in [-0.15, -0.1) is 0 Å². The molecule has 2 aliphatic heterocycles. The summed E-state index contributed by atoms with van der Waals surface area (Å²) in [6, 6.07) is 14.5. The Hall–Kier alpha value is -2.81. The van der Waals surface area contributed by atoms with Gasteiger partial charge in [0.1, 0.15) is 0 Å². The summed E-state index contributed by atoms with van der Waals surface area (Å²) in [5.74, 6) is -0.391. The smallest absolute Gasteiger partial charge is 0.292 e. The van der Waals surface area contributed by atoms with Gasteiger partial charge in [-0.05, 0) is 37.1 Å². The lowest BCUT2D eigenvalue weighted by Gasteiger charge is -2.33. The van der Waals surface area contributed by atoms with Crippen molar-refractivity contribution in [3.8, 4) is 0 Å². The molecule has 0 spiro atoms. The third kappa shape index (κ3) is 4.53. The summed E-state index contributed by atoms with van der Waals surface area (Å²) in [6.07, 6.45) is 1.75. The minimum absolute atomic E-state index is 0.155. The maximum atomic E-state index is 13.1. The summed E-state index contributed by atoms with van der Waals surface area (Å²) in [5, 5.41) is 1.24. The van der Waals surface area contributed by atoms with E-state index in [9.17, 15) is 18.0 Å². The zero-order chi connectivity index (χ0) is 22.9. The highest BCUT2D eigenvalue weighted by atomic mass is 32.2. The quantitative estimate of drug-likeness (QED) is 0.688. The van der Waals surface area contributed by atoms with Crippen molar-refractivity contribution in [3.05, 3.63) is 70.6 Å². The van der Waals surface area contributed by atoms with Crippen LogP contribution in [0.3, 0.4) is 0 Å². The second-order valence-corrected chi connectivity index (χ2v) is 10.2. The molecule has 0 radical (unpaired) electrons. The standard InChI is InChI=1S/C24H27N3O4S/c1-18-8-9-21(19(2)16-18)27-23(28)17-22(24(27)29)25-11-13-26(14-12-25)32(30,31)15-10-20-6-4-3-5-7-20/h3-10,15-16,22H,11-14,17H2,1-2H3/p+1/b15-10+/t22-/m0/s1. The number of sulfonamides is 1. The van der Waals surface area contributed by atoms with Gasteiger partial charge in [-0.1, -0.05) is 48.0 Å². The van der Waals surface area contributed by atoms with Crippen LogP contribution in [-0.2, 0) is 19.6 Å². The number of nitrogens with zero attached hydrogens (tertiary/aromatic N) is 2. The summed E-state index contributed by atoms with van der Waals surface area (Å²) in [7, 11) is -3.54. The van der Waals surface area contributed by atoms with E-state index in [0.717, 1.165) is 21.6 Å². The Labute approximate surface area is 189 Å². The molecule has 0 saturated carbocycles. The second kappa shape index (κ2) is 8.97. The molecule has 2 aliphatic rings. The molecule has 2 aromatic carbocycles. The Kier molecular flexibility index (Phi) is 6.28. The van der Waals surface area contributed by atoms with E-state index in [1.807, 2.05) is 62.4 Å². The Morgan fingerprint density at radius 2 is 1.69 bits per heavy atom. The van der Waals surface area contributed by atoms with Gasteiger partial charge >= 0.3 is 0 Å². The first-order valence-electron chi connectivity index (χ1n) is 10.8. The van der Waals surface area contributed by atoms with Crippen LogP contribution in [0.25, 0.3) is 6.08 Å². The van der Waals surface area contributed by atoms with Gasteiger partial charge in [0.25, 0.3) is 5.91 Å². The number of hydrogen-bond donors (Lipinski definition) is 1. The van der Waals surface area contributed by atoms with Crippen molar-refractivity contribution in [1.82, 2.24) is 4.31 Å². The maximum absolute atomic E-state index is 13.1. The van der Waals surface area contributed by atoms with Gasteiger partial charge in [0.2, 0.25) is 15.9 Å². The minimum Gasteiger partial charge on any atom is -0.322 e. The van der Waals surface area contributed by atoms with E-state index in [1.54, 1.807) is 6.08 Å². The molecule has 2 heterocycles. The number of carbonyl (C=O) groups excluding carboxylic acids is 2. The highest BCUT2D eigenvalue weighted by Crippen LogP contribution is 2.26. The fourth-order valence-electron chi connectivity index (χ4n) is 4.45. The Morgan fingerprint density at radius 1 is 1.00 bits per heavy atom. The van der Waals surface area contributed by atoms with Crippen molar-refractivity contribution in [2.75, 3.05) is 31.1 Å². The first-order chi connectivity index (χ1) is 15.3. The van der Waals surface area contributed by atoms with Gasteiger partial charge in [0.05, 0.1) is 38.3 Å². The van der Waals surface area contributed by atoms with Crippen LogP contribution >= 0.6 is 0 Å². The van der Waals surface area contributed by atoms with Gasteiger partial charge < -0.3 is 4.90 Å². The van der Waals surface area contributed by atoms with Gasteiger partial charge in [0, 0.05) is 5.41 Å². The highest BCUT2D eigenvalue weighted by Gasteiger charge is 2.47. The van der Waals surface area contributed by atoms with Crippen molar-refractivity contribution in [1.29, 1.82) is 0 Å². The topological polar surface area (TPSA) is 79.2 Å². The molecule has 1 atom stereocenters. The van der Waals surface area contributed by atoms with Crippen LogP contribution < -0.4 is 9.80 Å². The average Bonchev–Trinajstić information content (AvgIpc) is 3.07. The summed E-state index contributed by atoms with van der Waals surface area (Å²) < 4.78 is 26.9. The largest absolute Gasteiger partial charge is 0.322 e. The number of amides is 2. The van der Waals surface area contributed by atoms with E-state index in [0.29, 0.717) is 31.9 Å². The van der Waals surface area contributed by atoms with Crippen molar-refractivity contribution in [2.24, 2.45) is 0 Å². The number of piperazine rings is 1. The monoisotopic (exact) mass is 454 g/mol. The number of nitrogens with one attached hydrogen (secondary N) is 1. The molecule has 8 heteroatoms. The molecule has 168 valence electrons. The van der Waals surface area contributed by atoms with E-state index in [2.05, 4.69) is 0 Å². The number of quaternary nitrogens is 1. The van der Waals surface area contributed by atoms with Crippen LogP contribution in [0.2, 0.25) is 0 Å². The Bertz CT molecular complexity index is 1150. The molecule has 2 aromatic rings. The first kappa shape index (κ1) is 22.4. The zero-order valence-corrected chi connectivity index (χ0v) is 19.1. The number of rotatable bonds is 5. The van der Waals surface area contributed by atoms with E-state index in [4.69, 9.17) is 0 Å². The van der Waals surface area contributed by atoms with Crippen molar-refractivity contribution >= 4 is 33.6 Å². The molecule has 0 aromatic heterocycles. The minimum atomic E-state index is -3.54. The molecule has 32 heavy (non-hydrogen) atoms. The molecule has 0 bridgehead atoms. The molecule has 2 saturated heterocycles. The summed E-state index contributed by atoms with van der Waals surface area (Å²) in [4.78, 5) is 28.1. The molecule has 2 fully saturated rings. The zero-order valence-electron chi connectivity index (χ0n) is 18.3.